The van der Waals surface area contributed by atoms with Crippen LogP contribution in [0.2, 0.25) is 0 Å². The van der Waals surface area contributed by atoms with E-state index in [9.17, 15) is 4.79 Å². The Hall–Kier alpha value is -2.90. The van der Waals surface area contributed by atoms with E-state index in [1.807, 2.05) is 48.7 Å². The normalized spacial score (nSPS) is 15.4. The number of carbonyl (C=O) groups is 1. The predicted octanol–water partition coefficient (Wildman–Crippen LogP) is 1.82. The number of rotatable bonds is 8. The van der Waals surface area contributed by atoms with Gasteiger partial charge in [-0.25, -0.2) is 4.98 Å². The van der Waals surface area contributed by atoms with Crippen molar-refractivity contribution in [2.45, 2.75) is 13.0 Å². The molecule has 1 fully saturated rings. The third-order valence-corrected chi connectivity index (χ3v) is 5.53. The number of amides is 1. The Morgan fingerprint density at radius 3 is 2.57 bits per heavy atom. The van der Waals surface area contributed by atoms with Gasteiger partial charge in [-0.15, -0.1) is 0 Å². The van der Waals surface area contributed by atoms with Crippen molar-refractivity contribution in [3.63, 3.8) is 0 Å². The molecule has 3 heterocycles. The minimum Gasteiger partial charge on any atom is -0.497 e. The Morgan fingerprint density at radius 2 is 1.83 bits per heavy atom. The van der Waals surface area contributed by atoms with Gasteiger partial charge in [0.1, 0.15) is 11.4 Å². The number of methoxy groups -OCH3 is 1. The largest absolute Gasteiger partial charge is 0.497 e. The summed E-state index contributed by atoms with van der Waals surface area (Å²) in [4.78, 5) is 21.6. The molecule has 158 valence electrons. The van der Waals surface area contributed by atoms with Crippen LogP contribution in [0.4, 0.5) is 0 Å². The molecule has 1 amide bonds. The number of carbonyl (C=O) groups excluding carboxylic acids is 1. The summed E-state index contributed by atoms with van der Waals surface area (Å²) in [5, 5.41) is 3.03. The van der Waals surface area contributed by atoms with Gasteiger partial charge in [0.05, 0.1) is 19.3 Å². The van der Waals surface area contributed by atoms with E-state index in [-0.39, 0.29) is 5.91 Å². The summed E-state index contributed by atoms with van der Waals surface area (Å²) < 4.78 is 7.23. The zero-order valence-corrected chi connectivity index (χ0v) is 17.5. The topological polar surface area (TPSA) is 62.1 Å². The van der Waals surface area contributed by atoms with Crippen molar-refractivity contribution in [1.29, 1.82) is 0 Å². The van der Waals surface area contributed by atoms with Crippen LogP contribution in [-0.2, 0) is 17.8 Å². The highest BCUT2D eigenvalue weighted by molar-refractivity contribution is 5.78. The molecule has 30 heavy (non-hydrogen) atoms. The first-order valence-electron chi connectivity index (χ1n) is 10.5. The van der Waals surface area contributed by atoms with E-state index < -0.39 is 0 Å². The van der Waals surface area contributed by atoms with Gasteiger partial charge in [0.25, 0.3) is 0 Å². The Kier molecular flexibility index (Phi) is 6.61. The second-order valence-electron chi connectivity index (χ2n) is 7.70. The van der Waals surface area contributed by atoms with E-state index in [4.69, 9.17) is 4.74 Å². The fraction of sp³-hybridized carbons (Fsp3) is 0.391. The SMILES string of the molecule is COc1ccc(CCNC(=O)CN2CCN(Cc3cn4ccccc4n3)CC2)cc1. The number of imidazole rings is 1. The summed E-state index contributed by atoms with van der Waals surface area (Å²) in [7, 11) is 1.66. The van der Waals surface area contributed by atoms with Crippen LogP contribution in [0.15, 0.2) is 54.9 Å². The number of aromatic nitrogens is 2. The molecule has 1 N–H and O–H groups in total. The fourth-order valence-corrected chi connectivity index (χ4v) is 3.80. The first-order valence-corrected chi connectivity index (χ1v) is 10.5. The molecule has 0 spiro atoms. The maximum Gasteiger partial charge on any atom is 0.234 e. The van der Waals surface area contributed by atoms with E-state index in [0.29, 0.717) is 13.1 Å². The van der Waals surface area contributed by atoms with Gasteiger partial charge in [0, 0.05) is 51.7 Å². The van der Waals surface area contributed by atoms with E-state index in [1.54, 1.807) is 7.11 Å². The quantitative estimate of drug-likeness (QED) is 0.617. The van der Waals surface area contributed by atoms with Gasteiger partial charge < -0.3 is 14.5 Å². The smallest absolute Gasteiger partial charge is 0.234 e. The third-order valence-electron chi connectivity index (χ3n) is 5.53. The number of hydrogen-bond acceptors (Lipinski definition) is 5. The Labute approximate surface area is 177 Å². The molecule has 0 unspecified atom stereocenters. The van der Waals surface area contributed by atoms with Gasteiger partial charge in [-0.1, -0.05) is 18.2 Å². The van der Waals surface area contributed by atoms with Crippen molar-refractivity contribution in [3.8, 4) is 5.75 Å². The molecule has 3 aromatic rings. The van der Waals surface area contributed by atoms with Crippen molar-refractivity contribution in [3.05, 3.63) is 66.1 Å². The molecule has 0 bridgehead atoms. The molecular weight excluding hydrogens is 378 g/mol. The first kappa shape index (κ1) is 20.4. The average molecular weight is 408 g/mol. The molecule has 4 rings (SSSR count). The van der Waals surface area contributed by atoms with Crippen LogP contribution in [0, 0.1) is 0 Å². The number of fused-ring (bicyclic) bond motifs is 1. The van der Waals surface area contributed by atoms with Gasteiger partial charge >= 0.3 is 0 Å². The van der Waals surface area contributed by atoms with Crippen LogP contribution in [0.3, 0.4) is 0 Å². The van der Waals surface area contributed by atoms with E-state index in [1.165, 1.54) is 5.56 Å². The minimum absolute atomic E-state index is 0.0947. The van der Waals surface area contributed by atoms with Crippen LogP contribution in [0.5, 0.6) is 5.75 Å². The van der Waals surface area contributed by atoms with Crippen LogP contribution < -0.4 is 10.1 Å². The van der Waals surface area contributed by atoms with Crippen molar-refractivity contribution in [2.75, 3.05) is 46.4 Å². The van der Waals surface area contributed by atoms with E-state index in [0.717, 1.165) is 56.2 Å². The third kappa shape index (κ3) is 5.37. The van der Waals surface area contributed by atoms with Crippen LogP contribution >= 0.6 is 0 Å². The summed E-state index contributed by atoms with van der Waals surface area (Å²) in [6, 6.07) is 14.0. The van der Waals surface area contributed by atoms with E-state index >= 15 is 0 Å². The second kappa shape index (κ2) is 9.73. The maximum atomic E-state index is 12.3. The van der Waals surface area contributed by atoms with Crippen molar-refractivity contribution in [2.24, 2.45) is 0 Å². The van der Waals surface area contributed by atoms with Gasteiger partial charge in [0.2, 0.25) is 5.91 Å². The molecule has 0 radical (unpaired) electrons. The second-order valence-corrected chi connectivity index (χ2v) is 7.70. The van der Waals surface area contributed by atoms with Gasteiger partial charge in [-0.3, -0.25) is 14.6 Å². The molecule has 2 aromatic heterocycles. The van der Waals surface area contributed by atoms with Crippen molar-refractivity contribution in [1.82, 2.24) is 24.5 Å². The van der Waals surface area contributed by atoms with Crippen molar-refractivity contribution >= 4 is 11.6 Å². The number of hydrogen-bond donors (Lipinski definition) is 1. The lowest BCUT2D eigenvalue weighted by Gasteiger charge is -2.33. The monoisotopic (exact) mass is 407 g/mol. The number of pyridine rings is 1. The zero-order chi connectivity index (χ0) is 20.8. The fourth-order valence-electron chi connectivity index (χ4n) is 3.80. The van der Waals surface area contributed by atoms with Crippen LogP contribution in [0.1, 0.15) is 11.3 Å². The van der Waals surface area contributed by atoms with Gasteiger partial charge in [-0.05, 0) is 36.2 Å². The summed E-state index contributed by atoms with van der Waals surface area (Å²) in [5.41, 5.74) is 3.26. The molecule has 7 nitrogen and oxygen atoms in total. The van der Waals surface area contributed by atoms with Crippen LogP contribution in [0.25, 0.3) is 5.65 Å². The Morgan fingerprint density at radius 1 is 1.07 bits per heavy atom. The van der Waals surface area contributed by atoms with Crippen molar-refractivity contribution < 1.29 is 9.53 Å². The highest BCUT2D eigenvalue weighted by Crippen LogP contribution is 2.12. The summed E-state index contributed by atoms with van der Waals surface area (Å²) in [5.74, 6) is 0.945. The Balaban J connectivity index is 1.15. The highest BCUT2D eigenvalue weighted by Gasteiger charge is 2.19. The molecule has 7 heteroatoms. The Bertz CT molecular complexity index is 928. The van der Waals surface area contributed by atoms with Gasteiger partial charge in [0.15, 0.2) is 0 Å². The standard InChI is InChI=1S/C23H29N5O2/c1-30-21-7-5-19(6-8-21)9-10-24-23(29)18-27-14-12-26(13-15-27)16-20-17-28-11-3-2-4-22(28)25-20/h2-8,11,17H,9-10,12-16,18H2,1H3,(H,24,29). The minimum atomic E-state index is 0.0947. The molecule has 0 aliphatic carbocycles. The number of ether oxygens (including phenoxy) is 1. The summed E-state index contributed by atoms with van der Waals surface area (Å²) in [6.45, 7) is 5.67. The number of piperazine rings is 1. The zero-order valence-electron chi connectivity index (χ0n) is 17.5. The highest BCUT2D eigenvalue weighted by atomic mass is 16.5. The molecule has 0 atom stereocenters. The van der Waals surface area contributed by atoms with E-state index in [2.05, 4.69) is 30.7 Å². The molecule has 0 saturated carbocycles. The number of nitrogens with zero attached hydrogens (tertiary/aromatic N) is 4. The van der Waals surface area contributed by atoms with Crippen LogP contribution in [-0.4, -0.2) is 71.5 Å². The first-order chi connectivity index (χ1) is 14.7. The summed E-state index contributed by atoms with van der Waals surface area (Å²) >= 11 is 0. The molecule has 1 saturated heterocycles. The molecular formula is C23H29N5O2. The predicted molar refractivity (Wildman–Crippen MR) is 117 cm³/mol. The summed E-state index contributed by atoms with van der Waals surface area (Å²) in [6.07, 6.45) is 4.94. The number of benzene rings is 1. The lowest BCUT2D eigenvalue weighted by atomic mass is 10.1. The molecule has 1 aliphatic rings. The molecule has 1 aliphatic heterocycles. The van der Waals surface area contributed by atoms with Gasteiger partial charge in [-0.2, -0.15) is 0 Å². The lowest BCUT2D eigenvalue weighted by Crippen LogP contribution is -2.49. The maximum absolute atomic E-state index is 12.3. The average Bonchev–Trinajstić information content (AvgIpc) is 3.18. The number of nitrogens with one attached hydrogen (secondary N) is 1. The lowest BCUT2D eigenvalue weighted by molar-refractivity contribution is -0.122. The molecule has 1 aromatic carbocycles.